The first-order chi connectivity index (χ1) is 9.13. The summed E-state index contributed by atoms with van der Waals surface area (Å²) in [4.78, 5) is 4.38. The number of hydrogen-bond donors (Lipinski definition) is 2. The summed E-state index contributed by atoms with van der Waals surface area (Å²) in [5.41, 5.74) is 5.98. The van der Waals surface area contributed by atoms with Gasteiger partial charge >= 0.3 is 0 Å². The van der Waals surface area contributed by atoms with Crippen LogP contribution in [0.25, 0.3) is 0 Å². The number of nitrogens with zero attached hydrogens (tertiary/aromatic N) is 3. The Labute approximate surface area is 121 Å². The average Bonchev–Trinajstić information content (AvgIpc) is 2.79. The van der Waals surface area contributed by atoms with Gasteiger partial charge in [-0.3, -0.25) is 20.9 Å². The molecule has 0 saturated heterocycles. The average molecular weight is 324 g/mol. The summed E-state index contributed by atoms with van der Waals surface area (Å²) in [6.07, 6.45) is 3.44. The van der Waals surface area contributed by atoms with Crippen LogP contribution in [-0.4, -0.2) is 14.8 Å². The fourth-order valence-corrected chi connectivity index (χ4v) is 2.26. The molecule has 3 N–H and O–H groups in total. The summed E-state index contributed by atoms with van der Waals surface area (Å²) >= 11 is 3.38. The summed E-state index contributed by atoms with van der Waals surface area (Å²) in [7, 11) is 1.94. The van der Waals surface area contributed by atoms with E-state index in [1.807, 2.05) is 23.9 Å². The molecule has 0 spiro atoms. The van der Waals surface area contributed by atoms with Crippen LogP contribution in [0.2, 0.25) is 0 Å². The van der Waals surface area contributed by atoms with Crippen molar-refractivity contribution in [3.63, 3.8) is 0 Å². The van der Waals surface area contributed by atoms with Gasteiger partial charge < -0.3 is 0 Å². The van der Waals surface area contributed by atoms with Crippen LogP contribution in [0.4, 0.5) is 0 Å². The van der Waals surface area contributed by atoms with Crippen molar-refractivity contribution in [3.8, 4) is 0 Å². The molecule has 1 atom stereocenters. The van der Waals surface area contributed by atoms with E-state index in [2.05, 4.69) is 44.4 Å². The molecule has 0 radical (unpaired) electrons. The third-order valence-corrected chi connectivity index (χ3v) is 3.56. The molecule has 0 fully saturated rings. The molecule has 2 aromatic rings. The van der Waals surface area contributed by atoms with E-state index in [4.69, 9.17) is 5.84 Å². The van der Waals surface area contributed by atoms with E-state index in [1.54, 1.807) is 6.20 Å². The van der Waals surface area contributed by atoms with Gasteiger partial charge in [0, 0.05) is 29.8 Å². The number of nitrogens with one attached hydrogen (secondary N) is 1. The van der Waals surface area contributed by atoms with Crippen molar-refractivity contribution in [1.82, 2.24) is 20.2 Å². The highest BCUT2D eigenvalue weighted by atomic mass is 79.9. The number of hydrogen-bond acceptors (Lipinski definition) is 4. The lowest BCUT2D eigenvalue weighted by Gasteiger charge is -2.15. The summed E-state index contributed by atoms with van der Waals surface area (Å²) in [6, 6.07) is 6.07. The fraction of sp³-hybridized carbons (Fsp3) is 0.385. The van der Waals surface area contributed by atoms with Crippen molar-refractivity contribution in [3.05, 3.63) is 46.0 Å². The number of rotatable bonds is 5. The third-order valence-electron chi connectivity index (χ3n) is 3.09. The summed E-state index contributed by atoms with van der Waals surface area (Å²) in [5.74, 6) is 5.67. The van der Waals surface area contributed by atoms with Gasteiger partial charge in [0.15, 0.2) is 0 Å². The largest absolute Gasteiger partial charge is 0.271 e. The highest BCUT2D eigenvalue weighted by Crippen LogP contribution is 2.18. The van der Waals surface area contributed by atoms with Gasteiger partial charge in [-0.1, -0.05) is 6.92 Å². The number of aryl methyl sites for hydroxylation is 2. The molecule has 0 aliphatic heterocycles. The number of aromatic nitrogens is 3. The minimum absolute atomic E-state index is 0.00600. The molecule has 2 rings (SSSR count). The van der Waals surface area contributed by atoms with Gasteiger partial charge in [-0.05, 0) is 40.5 Å². The first kappa shape index (κ1) is 14.2. The second kappa shape index (κ2) is 6.27. The lowest BCUT2D eigenvalue weighted by Crippen LogP contribution is -2.31. The number of hydrazine groups is 1. The molecule has 0 saturated carbocycles. The van der Waals surface area contributed by atoms with Gasteiger partial charge in [0.25, 0.3) is 0 Å². The first-order valence-corrected chi connectivity index (χ1v) is 7.02. The molecule has 0 aliphatic carbocycles. The van der Waals surface area contributed by atoms with Gasteiger partial charge in [0.2, 0.25) is 0 Å². The Morgan fingerprint density at radius 2 is 2.21 bits per heavy atom. The molecule has 2 heterocycles. The summed E-state index contributed by atoms with van der Waals surface area (Å²) in [5, 5.41) is 4.45. The van der Waals surface area contributed by atoms with Gasteiger partial charge in [-0.15, -0.1) is 0 Å². The van der Waals surface area contributed by atoms with Gasteiger partial charge in [-0.25, -0.2) is 0 Å². The maximum Gasteiger partial charge on any atom is 0.0684 e. The Morgan fingerprint density at radius 3 is 2.74 bits per heavy atom. The molecule has 1 unspecified atom stereocenters. The molecule has 102 valence electrons. The third kappa shape index (κ3) is 3.40. The molecule has 0 bridgehead atoms. The van der Waals surface area contributed by atoms with Crippen molar-refractivity contribution in [1.29, 1.82) is 0 Å². The molecule has 2 aromatic heterocycles. The summed E-state index contributed by atoms with van der Waals surface area (Å²) < 4.78 is 2.85. The summed E-state index contributed by atoms with van der Waals surface area (Å²) in [6.45, 7) is 2.09. The molecular formula is C13H18BrN5. The standard InChI is InChI=1S/C13H18BrN5/c1-3-10-7-13(19(2)18-10)12(17-15)6-11-5-4-9(14)8-16-11/h4-5,7-8,12,17H,3,6,15H2,1-2H3. The van der Waals surface area contributed by atoms with Crippen LogP contribution in [0.3, 0.4) is 0 Å². The van der Waals surface area contributed by atoms with Crippen LogP contribution in [0, 0.1) is 0 Å². The molecule has 0 amide bonds. The van der Waals surface area contributed by atoms with Crippen LogP contribution in [0.5, 0.6) is 0 Å². The highest BCUT2D eigenvalue weighted by molar-refractivity contribution is 9.10. The van der Waals surface area contributed by atoms with E-state index in [0.29, 0.717) is 0 Å². The van der Waals surface area contributed by atoms with Crippen LogP contribution >= 0.6 is 15.9 Å². The maximum atomic E-state index is 5.67. The van der Waals surface area contributed by atoms with Crippen molar-refractivity contribution in [2.75, 3.05) is 0 Å². The second-order valence-corrected chi connectivity index (χ2v) is 5.34. The van der Waals surface area contributed by atoms with Crippen LogP contribution in [0.15, 0.2) is 28.9 Å². The lowest BCUT2D eigenvalue weighted by atomic mass is 10.1. The number of nitrogens with two attached hydrogens (primary N) is 1. The predicted octanol–water partition coefficient (Wildman–Crippen LogP) is 1.89. The van der Waals surface area contributed by atoms with E-state index in [1.165, 1.54) is 0 Å². The molecule has 6 heteroatoms. The molecule has 0 aromatic carbocycles. The Bertz CT molecular complexity index is 534. The maximum absolute atomic E-state index is 5.67. The van der Waals surface area contributed by atoms with Gasteiger partial charge in [0.05, 0.1) is 17.4 Å². The fourth-order valence-electron chi connectivity index (χ4n) is 2.03. The zero-order valence-corrected chi connectivity index (χ0v) is 12.7. The minimum atomic E-state index is 0.00600. The zero-order valence-electron chi connectivity index (χ0n) is 11.1. The van der Waals surface area contributed by atoms with Crippen LogP contribution in [0.1, 0.15) is 30.0 Å². The van der Waals surface area contributed by atoms with Crippen molar-refractivity contribution >= 4 is 15.9 Å². The predicted molar refractivity (Wildman–Crippen MR) is 78.3 cm³/mol. The molecule has 0 aliphatic rings. The molecule has 19 heavy (non-hydrogen) atoms. The first-order valence-electron chi connectivity index (χ1n) is 6.23. The van der Waals surface area contributed by atoms with Gasteiger partial charge in [0.1, 0.15) is 0 Å². The SMILES string of the molecule is CCc1cc(C(Cc2ccc(Br)cn2)NN)n(C)n1. The lowest BCUT2D eigenvalue weighted by molar-refractivity contribution is 0.503. The Balaban J connectivity index is 2.19. The number of pyridine rings is 1. The van der Waals surface area contributed by atoms with E-state index in [9.17, 15) is 0 Å². The Morgan fingerprint density at radius 1 is 1.42 bits per heavy atom. The quantitative estimate of drug-likeness (QED) is 0.651. The minimum Gasteiger partial charge on any atom is -0.271 e. The zero-order chi connectivity index (χ0) is 13.8. The Hall–Kier alpha value is -1.24. The van der Waals surface area contributed by atoms with E-state index in [0.717, 1.165) is 34.4 Å². The molecular weight excluding hydrogens is 306 g/mol. The van der Waals surface area contributed by atoms with Crippen LogP contribution in [-0.2, 0) is 19.9 Å². The normalized spacial score (nSPS) is 12.6. The van der Waals surface area contributed by atoms with Crippen molar-refractivity contribution < 1.29 is 0 Å². The molecule has 5 nitrogen and oxygen atoms in total. The van der Waals surface area contributed by atoms with E-state index in [-0.39, 0.29) is 6.04 Å². The van der Waals surface area contributed by atoms with E-state index < -0.39 is 0 Å². The second-order valence-electron chi connectivity index (χ2n) is 4.43. The van der Waals surface area contributed by atoms with Gasteiger partial charge in [-0.2, -0.15) is 5.10 Å². The highest BCUT2D eigenvalue weighted by Gasteiger charge is 2.16. The number of halogens is 1. The monoisotopic (exact) mass is 323 g/mol. The van der Waals surface area contributed by atoms with Crippen LogP contribution < -0.4 is 11.3 Å². The van der Waals surface area contributed by atoms with Crippen molar-refractivity contribution in [2.45, 2.75) is 25.8 Å². The Kier molecular flexibility index (Phi) is 4.68. The topological polar surface area (TPSA) is 68.8 Å². The smallest absolute Gasteiger partial charge is 0.0684 e. The van der Waals surface area contributed by atoms with Crippen molar-refractivity contribution in [2.24, 2.45) is 12.9 Å². The van der Waals surface area contributed by atoms with E-state index >= 15 is 0 Å².